The molecule has 0 radical (unpaired) electrons. The fourth-order valence-electron chi connectivity index (χ4n) is 5.21. The molecule has 0 bridgehead atoms. The van der Waals surface area contributed by atoms with Crippen molar-refractivity contribution in [3.8, 4) is 10.4 Å². The summed E-state index contributed by atoms with van der Waals surface area (Å²) < 4.78 is 0. The summed E-state index contributed by atoms with van der Waals surface area (Å²) in [7, 11) is 0. The molecule has 3 heterocycles. The molecular weight excluding hydrogens is 472 g/mol. The van der Waals surface area contributed by atoms with Crippen LogP contribution >= 0.6 is 11.3 Å². The second kappa shape index (κ2) is 10.2. The first-order valence-corrected chi connectivity index (χ1v) is 13.3. The van der Waals surface area contributed by atoms with Gasteiger partial charge in [-0.3, -0.25) is 19.4 Å². The summed E-state index contributed by atoms with van der Waals surface area (Å²) in [6, 6.07) is 14.4. The molecule has 0 saturated carbocycles. The van der Waals surface area contributed by atoms with E-state index in [1.807, 2.05) is 68.6 Å². The van der Waals surface area contributed by atoms with E-state index in [0.717, 1.165) is 28.0 Å². The highest BCUT2D eigenvalue weighted by molar-refractivity contribution is 7.13. The molecule has 1 saturated heterocycles. The van der Waals surface area contributed by atoms with Crippen LogP contribution in [0.1, 0.15) is 48.2 Å². The molecular formula is C28H30N4O3S. The molecule has 2 atom stereocenters. The van der Waals surface area contributed by atoms with E-state index in [9.17, 15) is 14.4 Å². The quantitative estimate of drug-likeness (QED) is 0.527. The van der Waals surface area contributed by atoms with Gasteiger partial charge in [0.15, 0.2) is 0 Å². The number of fused-ring (bicyclic) bond motifs is 1. The highest BCUT2D eigenvalue weighted by Gasteiger charge is 2.43. The van der Waals surface area contributed by atoms with Crippen molar-refractivity contribution in [2.75, 3.05) is 6.54 Å². The van der Waals surface area contributed by atoms with E-state index in [2.05, 4.69) is 10.3 Å². The lowest BCUT2D eigenvalue weighted by molar-refractivity contribution is -0.143. The van der Waals surface area contributed by atoms with Gasteiger partial charge in [-0.05, 0) is 41.5 Å². The lowest BCUT2D eigenvalue weighted by atomic mass is 10.0. The zero-order chi connectivity index (χ0) is 25.2. The highest BCUT2D eigenvalue weighted by atomic mass is 32.1. The van der Waals surface area contributed by atoms with Crippen LogP contribution in [0.5, 0.6) is 0 Å². The van der Waals surface area contributed by atoms with Crippen LogP contribution in [0.15, 0.2) is 60.2 Å². The Morgan fingerprint density at radius 1 is 1.14 bits per heavy atom. The summed E-state index contributed by atoms with van der Waals surface area (Å²) >= 11 is 1.59. The van der Waals surface area contributed by atoms with Gasteiger partial charge in [-0.25, -0.2) is 0 Å². The van der Waals surface area contributed by atoms with Gasteiger partial charge in [0.05, 0.1) is 10.4 Å². The summed E-state index contributed by atoms with van der Waals surface area (Å²) in [6.07, 6.45) is 3.24. The van der Waals surface area contributed by atoms with Crippen molar-refractivity contribution in [1.82, 2.24) is 20.1 Å². The van der Waals surface area contributed by atoms with Crippen molar-refractivity contribution >= 4 is 29.1 Å². The number of aromatic nitrogens is 1. The van der Waals surface area contributed by atoms with Crippen molar-refractivity contribution in [3.05, 3.63) is 76.9 Å². The number of benzene rings is 2. The van der Waals surface area contributed by atoms with Crippen LogP contribution in [-0.2, 0) is 22.7 Å². The van der Waals surface area contributed by atoms with Gasteiger partial charge in [-0.15, -0.1) is 11.3 Å². The average Bonchev–Trinajstić information content (AvgIpc) is 3.64. The van der Waals surface area contributed by atoms with E-state index < -0.39 is 12.1 Å². The SMILES string of the molecule is CC(C)C(C(=O)N1CCCC1C(=O)NCc1ccc(-c2cncs2)cc1)N1Cc2ccccc2C1=O. The van der Waals surface area contributed by atoms with E-state index in [0.29, 0.717) is 31.6 Å². The summed E-state index contributed by atoms with van der Waals surface area (Å²) in [4.78, 5) is 48.6. The van der Waals surface area contributed by atoms with Crippen molar-refractivity contribution in [3.63, 3.8) is 0 Å². The Hall–Kier alpha value is -3.52. The normalized spacial score (nSPS) is 18.0. The molecule has 7 nitrogen and oxygen atoms in total. The first-order valence-electron chi connectivity index (χ1n) is 12.4. The minimum absolute atomic E-state index is 0.0721. The molecule has 5 rings (SSSR count). The zero-order valence-electron chi connectivity index (χ0n) is 20.5. The first-order chi connectivity index (χ1) is 17.4. The molecule has 3 amide bonds. The molecule has 2 aromatic carbocycles. The molecule has 1 N–H and O–H groups in total. The summed E-state index contributed by atoms with van der Waals surface area (Å²) in [5.74, 6) is -0.472. The Bertz CT molecular complexity index is 1260. The number of nitrogens with zero attached hydrogens (tertiary/aromatic N) is 3. The third-order valence-electron chi connectivity index (χ3n) is 7.05. The fraction of sp³-hybridized carbons (Fsp3) is 0.357. The largest absolute Gasteiger partial charge is 0.350 e. The molecule has 1 fully saturated rings. The van der Waals surface area contributed by atoms with Crippen molar-refractivity contribution < 1.29 is 14.4 Å². The third kappa shape index (κ3) is 4.65. The van der Waals surface area contributed by atoms with Crippen LogP contribution in [0.4, 0.5) is 0 Å². The van der Waals surface area contributed by atoms with E-state index in [4.69, 9.17) is 0 Å². The van der Waals surface area contributed by atoms with Crippen molar-refractivity contribution in [1.29, 1.82) is 0 Å². The second-order valence-corrected chi connectivity index (χ2v) is 10.6. The van der Waals surface area contributed by atoms with E-state index >= 15 is 0 Å². The van der Waals surface area contributed by atoms with Crippen molar-refractivity contribution in [2.24, 2.45) is 5.92 Å². The number of likely N-dealkylation sites (tertiary alicyclic amines) is 1. The Morgan fingerprint density at radius 3 is 2.61 bits per heavy atom. The van der Waals surface area contributed by atoms with Crippen molar-refractivity contribution in [2.45, 2.75) is 51.9 Å². The van der Waals surface area contributed by atoms with Crippen LogP contribution in [-0.4, -0.2) is 51.1 Å². The van der Waals surface area contributed by atoms with Crippen LogP contribution in [0, 0.1) is 5.92 Å². The Morgan fingerprint density at radius 2 is 1.92 bits per heavy atom. The number of rotatable bonds is 7. The maximum Gasteiger partial charge on any atom is 0.255 e. The predicted molar refractivity (Wildman–Crippen MR) is 139 cm³/mol. The van der Waals surface area contributed by atoms with Gasteiger partial charge in [0.25, 0.3) is 5.91 Å². The van der Waals surface area contributed by atoms with Gasteiger partial charge in [-0.1, -0.05) is 56.3 Å². The Labute approximate surface area is 215 Å². The number of carbonyl (C=O) groups excluding carboxylic acids is 3. The Balaban J connectivity index is 1.25. The maximum atomic E-state index is 13.8. The minimum Gasteiger partial charge on any atom is -0.350 e. The molecule has 8 heteroatoms. The summed E-state index contributed by atoms with van der Waals surface area (Å²) in [6.45, 7) is 5.26. The molecule has 1 aromatic heterocycles. The summed E-state index contributed by atoms with van der Waals surface area (Å²) in [5, 5.41) is 3.02. The molecule has 2 aliphatic heterocycles. The van der Waals surface area contributed by atoms with Crippen LogP contribution < -0.4 is 5.32 Å². The number of hydrogen-bond acceptors (Lipinski definition) is 5. The van der Waals surface area contributed by atoms with Gasteiger partial charge < -0.3 is 15.1 Å². The van der Waals surface area contributed by atoms with E-state index in [1.165, 1.54) is 0 Å². The van der Waals surface area contributed by atoms with Gasteiger partial charge >= 0.3 is 0 Å². The Kier molecular flexibility index (Phi) is 6.87. The smallest absolute Gasteiger partial charge is 0.255 e. The lowest BCUT2D eigenvalue weighted by Gasteiger charge is -2.35. The number of amides is 3. The lowest BCUT2D eigenvalue weighted by Crippen LogP contribution is -2.55. The highest BCUT2D eigenvalue weighted by Crippen LogP contribution is 2.30. The monoisotopic (exact) mass is 502 g/mol. The van der Waals surface area contributed by atoms with E-state index in [-0.39, 0.29) is 23.6 Å². The molecule has 186 valence electrons. The van der Waals surface area contributed by atoms with Gasteiger partial charge in [0.2, 0.25) is 11.8 Å². The van der Waals surface area contributed by atoms with Crippen LogP contribution in [0.3, 0.4) is 0 Å². The number of carbonyl (C=O) groups is 3. The number of thiazole rings is 1. The molecule has 3 aromatic rings. The minimum atomic E-state index is -0.599. The first kappa shape index (κ1) is 24.2. The fourth-order valence-corrected chi connectivity index (χ4v) is 5.83. The van der Waals surface area contributed by atoms with Gasteiger partial charge in [0, 0.05) is 31.4 Å². The maximum absolute atomic E-state index is 13.8. The van der Waals surface area contributed by atoms with Gasteiger partial charge in [0.1, 0.15) is 12.1 Å². The standard InChI is InChI=1S/C28H30N4O3S/c1-18(2)25(32-16-21-6-3-4-7-22(21)27(32)34)28(35)31-13-5-8-23(31)26(33)30-14-19-9-11-20(12-10-19)24-15-29-17-36-24/h3-4,6-7,9-12,15,17-18,23,25H,5,8,13-14,16H2,1-2H3,(H,30,33). The predicted octanol–water partition coefficient (Wildman–Crippen LogP) is 4.10. The summed E-state index contributed by atoms with van der Waals surface area (Å²) in [5.41, 5.74) is 5.50. The topological polar surface area (TPSA) is 82.6 Å². The number of nitrogens with one attached hydrogen (secondary N) is 1. The molecule has 0 spiro atoms. The molecule has 2 unspecified atom stereocenters. The number of hydrogen-bond donors (Lipinski definition) is 1. The zero-order valence-corrected chi connectivity index (χ0v) is 21.3. The van der Waals surface area contributed by atoms with Crippen LogP contribution in [0.2, 0.25) is 0 Å². The third-order valence-corrected chi connectivity index (χ3v) is 7.87. The van der Waals surface area contributed by atoms with Gasteiger partial charge in [-0.2, -0.15) is 0 Å². The van der Waals surface area contributed by atoms with Crippen LogP contribution in [0.25, 0.3) is 10.4 Å². The molecule has 2 aliphatic rings. The molecule has 36 heavy (non-hydrogen) atoms. The molecule has 0 aliphatic carbocycles. The average molecular weight is 503 g/mol. The second-order valence-electron chi connectivity index (χ2n) is 9.75. The van der Waals surface area contributed by atoms with E-state index in [1.54, 1.807) is 26.6 Å².